The summed E-state index contributed by atoms with van der Waals surface area (Å²) in [5.41, 5.74) is 1.05. The average Bonchev–Trinajstić information content (AvgIpc) is 2.33. The lowest BCUT2D eigenvalue weighted by Gasteiger charge is -2.19. The van der Waals surface area contributed by atoms with Crippen LogP contribution in [0.1, 0.15) is 50.5 Å². The average molecular weight is 282 g/mol. The predicted molar refractivity (Wildman–Crippen MR) is 75.6 cm³/mol. The van der Waals surface area contributed by atoms with E-state index in [1.807, 2.05) is 6.92 Å². The van der Waals surface area contributed by atoms with Crippen molar-refractivity contribution in [3.8, 4) is 0 Å². The van der Waals surface area contributed by atoms with E-state index in [0.717, 1.165) is 31.2 Å². The van der Waals surface area contributed by atoms with Gasteiger partial charge in [-0.05, 0) is 31.9 Å². The Morgan fingerprint density at radius 3 is 2.05 bits per heavy atom. The van der Waals surface area contributed by atoms with Crippen molar-refractivity contribution >= 4 is 10.1 Å². The molecule has 0 aliphatic heterocycles. The minimum Gasteiger partial charge on any atom is -0.263 e. The summed E-state index contributed by atoms with van der Waals surface area (Å²) in [7, 11) is -3.60. The van der Waals surface area contributed by atoms with Crippen LogP contribution in [0.5, 0.6) is 0 Å². The number of aryl methyl sites for hydroxylation is 1. The molecule has 1 aliphatic carbocycles. The van der Waals surface area contributed by atoms with E-state index in [2.05, 4.69) is 0 Å². The molecule has 0 atom stereocenters. The summed E-state index contributed by atoms with van der Waals surface area (Å²) in [5.74, 6) is 0. The molecule has 0 spiro atoms. The molecule has 0 N–H and O–H groups in total. The Morgan fingerprint density at radius 2 is 1.47 bits per heavy atom. The molecular weight excluding hydrogens is 260 g/mol. The summed E-state index contributed by atoms with van der Waals surface area (Å²) in [5, 5.41) is 0. The lowest BCUT2D eigenvalue weighted by atomic mass is 9.99. The SMILES string of the molecule is Cc1ccc(S(=O)(=O)OC2CCCCCCC2)cc1. The summed E-state index contributed by atoms with van der Waals surface area (Å²) < 4.78 is 29.8. The molecule has 0 bridgehead atoms. The second-order valence-electron chi connectivity index (χ2n) is 5.33. The van der Waals surface area contributed by atoms with Gasteiger partial charge in [-0.25, -0.2) is 0 Å². The quantitative estimate of drug-likeness (QED) is 0.792. The highest BCUT2D eigenvalue weighted by atomic mass is 32.2. The van der Waals surface area contributed by atoms with E-state index in [1.54, 1.807) is 24.3 Å². The highest BCUT2D eigenvalue weighted by Gasteiger charge is 2.22. The number of hydrogen-bond donors (Lipinski definition) is 0. The number of rotatable bonds is 3. The smallest absolute Gasteiger partial charge is 0.263 e. The van der Waals surface area contributed by atoms with E-state index in [1.165, 1.54) is 19.3 Å². The van der Waals surface area contributed by atoms with Crippen LogP contribution in [0.2, 0.25) is 0 Å². The van der Waals surface area contributed by atoms with Gasteiger partial charge in [-0.2, -0.15) is 8.42 Å². The second kappa shape index (κ2) is 6.53. The van der Waals surface area contributed by atoms with Gasteiger partial charge in [0.25, 0.3) is 10.1 Å². The first-order valence-corrected chi connectivity index (χ1v) is 8.49. The summed E-state index contributed by atoms with van der Waals surface area (Å²) in [6.07, 6.45) is 7.32. The van der Waals surface area contributed by atoms with E-state index < -0.39 is 10.1 Å². The van der Waals surface area contributed by atoms with Gasteiger partial charge in [0.1, 0.15) is 0 Å². The first kappa shape index (κ1) is 14.5. The van der Waals surface area contributed by atoms with Gasteiger partial charge in [-0.3, -0.25) is 4.18 Å². The van der Waals surface area contributed by atoms with Gasteiger partial charge < -0.3 is 0 Å². The molecule has 3 nitrogen and oxygen atoms in total. The van der Waals surface area contributed by atoms with E-state index in [-0.39, 0.29) is 11.0 Å². The monoisotopic (exact) mass is 282 g/mol. The van der Waals surface area contributed by atoms with Gasteiger partial charge >= 0.3 is 0 Å². The lowest BCUT2D eigenvalue weighted by Crippen LogP contribution is -2.19. The van der Waals surface area contributed by atoms with Gasteiger partial charge in [0.15, 0.2) is 0 Å². The molecule has 0 radical (unpaired) electrons. The summed E-state index contributed by atoms with van der Waals surface area (Å²) in [6, 6.07) is 6.84. The van der Waals surface area contributed by atoms with Crippen LogP contribution in [0.15, 0.2) is 29.2 Å². The zero-order chi connectivity index (χ0) is 13.7. The van der Waals surface area contributed by atoms with Crippen molar-refractivity contribution in [2.24, 2.45) is 0 Å². The molecule has 1 fully saturated rings. The third kappa shape index (κ3) is 4.32. The Labute approximate surface area is 116 Å². The van der Waals surface area contributed by atoms with Gasteiger partial charge in [0.2, 0.25) is 0 Å². The Bertz CT molecular complexity index is 483. The molecule has 0 saturated heterocycles. The zero-order valence-electron chi connectivity index (χ0n) is 11.5. The van der Waals surface area contributed by atoms with Crippen molar-refractivity contribution in [2.75, 3.05) is 0 Å². The maximum absolute atomic E-state index is 12.2. The molecule has 0 aromatic heterocycles. The molecule has 106 valence electrons. The Hall–Kier alpha value is -0.870. The van der Waals surface area contributed by atoms with Crippen molar-refractivity contribution in [1.82, 2.24) is 0 Å². The van der Waals surface area contributed by atoms with E-state index in [9.17, 15) is 8.42 Å². The van der Waals surface area contributed by atoms with Crippen LogP contribution in [-0.4, -0.2) is 14.5 Å². The van der Waals surface area contributed by atoms with Crippen LogP contribution < -0.4 is 0 Å². The van der Waals surface area contributed by atoms with Crippen LogP contribution in [0.25, 0.3) is 0 Å². The zero-order valence-corrected chi connectivity index (χ0v) is 12.3. The third-order valence-electron chi connectivity index (χ3n) is 3.62. The molecule has 1 saturated carbocycles. The molecule has 1 aromatic rings. The largest absolute Gasteiger partial charge is 0.297 e. The molecule has 0 unspecified atom stereocenters. The molecule has 19 heavy (non-hydrogen) atoms. The number of benzene rings is 1. The van der Waals surface area contributed by atoms with E-state index >= 15 is 0 Å². The van der Waals surface area contributed by atoms with Gasteiger partial charge in [-0.1, -0.05) is 49.8 Å². The highest BCUT2D eigenvalue weighted by Crippen LogP contribution is 2.23. The molecule has 0 amide bonds. The maximum Gasteiger partial charge on any atom is 0.297 e. The minimum absolute atomic E-state index is 0.147. The third-order valence-corrected chi connectivity index (χ3v) is 5.00. The topological polar surface area (TPSA) is 43.4 Å². The molecular formula is C15H22O3S. The van der Waals surface area contributed by atoms with Crippen molar-refractivity contribution in [3.05, 3.63) is 29.8 Å². The Balaban J connectivity index is 2.05. The van der Waals surface area contributed by atoms with Crippen molar-refractivity contribution < 1.29 is 12.6 Å². The van der Waals surface area contributed by atoms with Crippen LogP contribution in [-0.2, 0) is 14.3 Å². The molecule has 0 heterocycles. The summed E-state index contributed by atoms with van der Waals surface area (Å²) >= 11 is 0. The normalized spacial score (nSPS) is 18.8. The minimum atomic E-state index is -3.60. The lowest BCUT2D eigenvalue weighted by molar-refractivity contribution is 0.174. The molecule has 1 aliphatic rings. The van der Waals surface area contributed by atoms with Crippen LogP contribution >= 0.6 is 0 Å². The van der Waals surface area contributed by atoms with Gasteiger partial charge in [0, 0.05) is 0 Å². The van der Waals surface area contributed by atoms with Crippen molar-refractivity contribution in [1.29, 1.82) is 0 Å². The molecule has 4 heteroatoms. The van der Waals surface area contributed by atoms with Gasteiger partial charge in [-0.15, -0.1) is 0 Å². The van der Waals surface area contributed by atoms with E-state index in [4.69, 9.17) is 4.18 Å². The van der Waals surface area contributed by atoms with Crippen LogP contribution in [0.4, 0.5) is 0 Å². The predicted octanol–water partition coefficient (Wildman–Crippen LogP) is 3.81. The fourth-order valence-electron chi connectivity index (χ4n) is 2.45. The van der Waals surface area contributed by atoms with Crippen LogP contribution in [0, 0.1) is 6.92 Å². The Morgan fingerprint density at radius 1 is 0.947 bits per heavy atom. The fourth-order valence-corrected chi connectivity index (χ4v) is 3.59. The maximum atomic E-state index is 12.2. The fraction of sp³-hybridized carbons (Fsp3) is 0.600. The number of hydrogen-bond acceptors (Lipinski definition) is 3. The second-order valence-corrected chi connectivity index (χ2v) is 6.90. The summed E-state index contributed by atoms with van der Waals surface area (Å²) in [4.78, 5) is 0.264. The highest BCUT2D eigenvalue weighted by molar-refractivity contribution is 7.86. The van der Waals surface area contributed by atoms with Crippen molar-refractivity contribution in [3.63, 3.8) is 0 Å². The van der Waals surface area contributed by atoms with Crippen molar-refractivity contribution in [2.45, 2.75) is 62.9 Å². The molecule has 1 aromatic carbocycles. The van der Waals surface area contributed by atoms with E-state index in [0.29, 0.717) is 0 Å². The summed E-state index contributed by atoms with van der Waals surface area (Å²) in [6.45, 7) is 1.94. The molecule has 2 rings (SSSR count). The standard InChI is InChI=1S/C15H22O3S/c1-13-9-11-15(12-10-13)19(16,17)18-14-7-5-3-2-4-6-8-14/h9-12,14H,2-8H2,1H3. The van der Waals surface area contributed by atoms with Gasteiger partial charge in [0.05, 0.1) is 11.0 Å². The first-order valence-electron chi connectivity index (χ1n) is 7.08. The first-order chi connectivity index (χ1) is 9.08. The Kier molecular flexibility index (Phi) is 4.99. The van der Waals surface area contributed by atoms with Crippen LogP contribution in [0.3, 0.4) is 0 Å².